The van der Waals surface area contributed by atoms with Crippen LogP contribution >= 0.6 is 0 Å². The predicted molar refractivity (Wildman–Crippen MR) is 91.7 cm³/mol. The average molecular weight is 307 g/mol. The number of hydrogen-bond donors (Lipinski definition) is 1. The Morgan fingerprint density at radius 2 is 1.83 bits per heavy atom. The van der Waals surface area contributed by atoms with Crippen LogP contribution in [0.2, 0.25) is 0 Å². The maximum atomic E-state index is 12.6. The van der Waals surface area contributed by atoms with E-state index in [0.717, 1.165) is 17.0 Å². The van der Waals surface area contributed by atoms with E-state index < -0.39 is 0 Å². The van der Waals surface area contributed by atoms with Gasteiger partial charge in [-0.1, -0.05) is 29.8 Å². The number of carbonyl (C=O) groups excluding carboxylic acids is 1. The molecule has 1 atom stereocenters. The fourth-order valence-electron chi connectivity index (χ4n) is 2.78. The summed E-state index contributed by atoms with van der Waals surface area (Å²) in [7, 11) is 0. The summed E-state index contributed by atoms with van der Waals surface area (Å²) in [6.07, 6.45) is 1.89. The van der Waals surface area contributed by atoms with Crippen molar-refractivity contribution in [1.29, 1.82) is 0 Å². The van der Waals surface area contributed by atoms with E-state index in [0.29, 0.717) is 11.2 Å². The summed E-state index contributed by atoms with van der Waals surface area (Å²) in [5.74, 6) is -0.0990. The SMILES string of the molecule is Cc1ccc([C@H](C)NC(=O)c2ccn3c(C)cc(C)nc23)cc1. The quantitative estimate of drug-likeness (QED) is 0.801. The Bertz CT molecular complexity index is 862. The Kier molecular flexibility index (Phi) is 3.90. The number of rotatable bonds is 3. The highest BCUT2D eigenvalue weighted by molar-refractivity contribution is 6.00. The van der Waals surface area contributed by atoms with Crippen LogP contribution in [-0.2, 0) is 0 Å². The monoisotopic (exact) mass is 307 g/mol. The number of nitrogens with zero attached hydrogens (tertiary/aromatic N) is 2. The minimum absolute atomic E-state index is 0.0519. The molecular formula is C19H21N3O. The van der Waals surface area contributed by atoms with E-state index in [2.05, 4.69) is 29.4 Å². The molecular weight excluding hydrogens is 286 g/mol. The lowest BCUT2D eigenvalue weighted by Gasteiger charge is -2.14. The van der Waals surface area contributed by atoms with Crippen molar-refractivity contribution in [3.05, 3.63) is 70.7 Å². The Hall–Kier alpha value is -2.62. The molecule has 0 unspecified atom stereocenters. The summed E-state index contributed by atoms with van der Waals surface area (Å²) >= 11 is 0. The smallest absolute Gasteiger partial charge is 0.255 e. The van der Waals surface area contributed by atoms with Gasteiger partial charge in [0.25, 0.3) is 5.91 Å². The van der Waals surface area contributed by atoms with E-state index >= 15 is 0 Å². The molecule has 0 saturated carbocycles. The summed E-state index contributed by atoms with van der Waals surface area (Å²) in [5.41, 5.74) is 5.59. The van der Waals surface area contributed by atoms with Crippen molar-refractivity contribution in [2.45, 2.75) is 33.7 Å². The summed E-state index contributed by atoms with van der Waals surface area (Å²) < 4.78 is 1.94. The zero-order chi connectivity index (χ0) is 16.6. The van der Waals surface area contributed by atoms with Crippen molar-refractivity contribution in [2.75, 3.05) is 0 Å². The molecule has 4 nitrogen and oxygen atoms in total. The fourth-order valence-corrected chi connectivity index (χ4v) is 2.78. The number of aryl methyl sites for hydroxylation is 3. The number of hydrogen-bond acceptors (Lipinski definition) is 2. The topological polar surface area (TPSA) is 46.4 Å². The van der Waals surface area contributed by atoms with E-state index in [9.17, 15) is 4.79 Å². The molecule has 4 heteroatoms. The predicted octanol–water partition coefficient (Wildman–Crippen LogP) is 3.75. The van der Waals surface area contributed by atoms with Gasteiger partial charge in [-0.15, -0.1) is 0 Å². The number of benzene rings is 1. The van der Waals surface area contributed by atoms with Crippen LogP contribution in [0.25, 0.3) is 5.65 Å². The standard InChI is InChI=1S/C19H21N3O/c1-12-5-7-16(8-6-12)15(4)21-19(23)17-9-10-22-14(3)11-13(2)20-18(17)22/h5-11,15H,1-4H3,(H,21,23)/t15-/m0/s1. The van der Waals surface area contributed by atoms with E-state index in [4.69, 9.17) is 0 Å². The van der Waals surface area contributed by atoms with E-state index in [1.165, 1.54) is 5.56 Å². The van der Waals surface area contributed by atoms with E-state index in [-0.39, 0.29) is 11.9 Å². The summed E-state index contributed by atoms with van der Waals surface area (Å²) in [5, 5.41) is 3.06. The van der Waals surface area contributed by atoms with Gasteiger partial charge in [0.1, 0.15) is 5.65 Å². The summed E-state index contributed by atoms with van der Waals surface area (Å²) in [6.45, 7) is 8.00. The van der Waals surface area contributed by atoms with Gasteiger partial charge >= 0.3 is 0 Å². The molecule has 118 valence electrons. The van der Waals surface area contributed by atoms with Gasteiger partial charge in [0.05, 0.1) is 11.6 Å². The summed E-state index contributed by atoms with van der Waals surface area (Å²) in [4.78, 5) is 17.1. The van der Waals surface area contributed by atoms with Crippen LogP contribution in [0.4, 0.5) is 0 Å². The van der Waals surface area contributed by atoms with Gasteiger partial charge < -0.3 is 9.72 Å². The molecule has 2 heterocycles. The zero-order valence-electron chi connectivity index (χ0n) is 13.9. The third kappa shape index (κ3) is 2.97. The second-order valence-corrected chi connectivity index (χ2v) is 6.07. The lowest BCUT2D eigenvalue weighted by molar-refractivity contribution is 0.0941. The molecule has 1 amide bonds. The lowest BCUT2D eigenvalue weighted by atomic mass is 10.1. The van der Waals surface area contributed by atoms with Crippen LogP contribution in [0, 0.1) is 20.8 Å². The van der Waals surface area contributed by atoms with Crippen LogP contribution < -0.4 is 5.32 Å². The molecule has 1 N–H and O–H groups in total. The van der Waals surface area contributed by atoms with Crippen molar-refractivity contribution in [2.24, 2.45) is 0 Å². The molecule has 0 saturated heterocycles. The normalized spacial score (nSPS) is 12.3. The van der Waals surface area contributed by atoms with Crippen molar-refractivity contribution < 1.29 is 4.79 Å². The third-order valence-electron chi connectivity index (χ3n) is 4.11. The van der Waals surface area contributed by atoms with Gasteiger partial charge in [-0.25, -0.2) is 4.98 Å². The number of aromatic nitrogens is 2. The molecule has 3 rings (SSSR count). The minimum atomic E-state index is -0.0990. The van der Waals surface area contributed by atoms with Crippen molar-refractivity contribution in [3.8, 4) is 0 Å². The van der Waals surface area contributed by atoms with Crippen LogP contribution in [0.5, 0.6) is 0 Å². The second-order valence-electron chi connectivity index (χ2n) is 6.07. The van der Waals surface area contributed by atoms with Crippen LogP contribution in [-0.4, -0.2) is 15.3 Å². The molecule has 1 aromatic carbocycles. The number of fused-ring (bicyclic) bond motifs is 1. The molecule has 0 bridgehead atoms. The molecule has 2 aromatic heterocycles. The molecule has 0 radical (unpaired) electrons. The number of amides is 1. The minimum Gasteiger partial charge on any atom is -0.345 e. The fraction of sp³-hybridized carbons (Fsp3) is 0.263. The first-order chi connectivity index (χ1) is 11.0. The Morgan fingerprint density at radius 3 is 2.52 bits per heavy atom. The first-order valence-corrected chi connectivity index (χ1v) is 7.78. The Morgan fingerprint density at radius 1 is 1.13 bits per heavy atom. The van der Waals surface area contributed by atoms with Gasteiger partial charge in [-0.05, 0) is 45.4 Å². The van der Waals surface area contributed by atoms with Crippen LogP contribution in [0.3, 0.4) is 0 Å². The largest absolute Gasteiger partial charge is 0.345 e. The van der Waals surface area contributed by atoms with Gasteiger partial charge in [-0.3, -0.25) is 4.79 Å². The van der Waals surface area contributed by atoms with E-state index in [1.807, 2.05) is 55.6 Å². The molecule has 0 aliphatic rings. The van der Waals surface area contributed by atoms with Gasteiger partial charge in [-0.2, -0.15) is 0 Å². The Balaban J connectivity index is 1.87. The third-order valence-corrected chi connectivity index (χ3v) is 4.11. The molecule has 0 aliphatic carbocycles. The van der Waals surface area contributed by atoms with Gasteiger partial charge in [0.2, 0.25) is 0 Å². The average Bonchev–Trinajstić information content (AvgIpc) is 2.91. The van der Waals surface area contributed by atoms with Crippen molar-refractivity contribution in [1.82, 2.24) is 14.7 Å². The maximum Gasteiger partial charge on any atom is 0.255 e. The molecule has 23 heavy (non-hydrogen) atoms. The van der Waals surface area contributed by atoms with Crippen molar-refractivity contribution in [3.63, 3.8) is 0 Å². The first kappa shape index (κ1) is 15.3. The highest BCUT2D eigenvalue weighted by Crippen LogP contribution is 2.17. The summed E-state index contributed by atoms with van der Waals surface area (Å²) in [6, 6.07) is 12.0. The zero-order valence-corrected chi connectivity index (χ0v) is 13.9. The number of carbonyl (C=O) groups is 1. The molecule has 3 aromatic rings. The Labute approximate surface area is 136 Å². The number of nitrogens with one attached hydrogen (secondary N) is 1. The lowest BCUT2D eigenvalue weighted by Crippen LogP contribution is -2.26. The van der Waals surface area contributed by atoms with Gasteiger partial charge in [0, 0.05) is 17.6 Å². The van der Waals surface area contributed by atoms with E-state index in [1.54, 1.807) is 0 Å². The molecule has 0 aliphatic heterocycles. The highest BCUT2D eigenvalue weighted by Gasteiger charge is 2.16. The van der Waals surface area contributed by atoms with Crippen LogP contribution in [0.1, 0.15) is 45.8 Å². The van der Waals surface area contributed by atoms with Crippen molar-refractivity contribution >= 4 is 11.6 Å². The molecule has 0 fully saturated rings. The highest BCUT2D eigenvalue weighted by atomic mass is 16.1. The molecule has 0 spiro atoms. The first-order valence-electron chi connectivity index (χ1n) is 7.78. The van der Waals surface area contributed by atoms with Crippen LogP contribution in [0.15, 0.2) is 42.6 Å². The van der Waals surface area contributed by atoms with Gasteiger partial charge in [0.15, 0.2) is 0 Å². The second kappa shape index (κ2) is 5.88. The maximum absolute atomic E-state index is 12.6.